The molecule has 0 fully saturated rings. The predicted octanol–water partition coefficient (Wildman–Crippen LogP) is 11.4. The second-order valence-electron chi connectivity index (χ2n) is 11.9. The molecule has 226 valence electrons. The maximum atomic E-state index is 5.35. The van der Waals surface area contributed by atoms with Gasteiger partial charge in [0.15, 0.2) is 0 Å². The molecule has 9 rings (SSSR count). The third kappa shape index (κ3) is 4.70. The van der Waals surface area contributed by atoms with Crippen molar-refractivity contribution in [2.45, 2.75) is 0 Å². The van der Waals surface area contributed by atoms with E-state index in [1.54, 1.807) is 0 Å². The van der Waals surface area contributed by atoms with Crippen LogP contribution in [0.5, 0.6) is 0 Å². The van der Waals surface area contributed by atoms with Gasteiger partial charge in [-0.15, -0.1) is 0 Å². The van der Waals surface area contributed by atoms with Crippen molar-refractivity contribution < 1.29 is 0 Å². The van der Waals surface area contributed by atoms with Crippen LogP contribution in [0, 0.1) is 0 Å². The van der Waals surface area contributed by atoms with Crippen LogP contribution in [0.25, 0.3) is 89.4 Å². The standard InChI is InChI=1S/C44H30N4/c1-5-17-29(18-6-1)39-40(30-19-7-2-8-20-30)46-43(45-39)37-33-25-13-15-27-35(33)38(36-28-16-14-26-34(36)37)44-47-41(31-21-9-3-10-22-31)42(48-44)32-23-11-4-12-24-32/h1-28H,(H,45,46)(H,47,48). The van der Waals surface area contributed by atoms with Crippen LogP contribution in [0.3, 0.4) is 0 Å². The van der Waals surface area contributed by atoms with Crippen molar-refractivity contribution in [3.8, 4) is 67.8 Å². The fourth-order valence-electron chi connectivity index (χ4n) is 6.86. The number of imidazole rings is 2. The molecule has 2 heterocycles. The summed E-state index contributed by atoms with van der Waals surface area (Å²) in [6.07, 6.45) is 0. The molecule has 9 aromatic rings. The van der Waals surface area contributed by atoms with Crippen molar-refractivity contribution in [3.63, 3.8) is 0 Å². The molecule has 4 nitrogen and oxygen atoms in total. The zero-order valence-electron chi connectivity index (χ0n) is 26.1. The molecule has 4 heteroatoms. The summed E-state index contributed by atoms with van der Waals surface area (Å²) in [6, 6.07) is 59.0. The smallest absolute Gasteiger partial charge is 0.139 e. The molecule has 7 aromatic carbocycles. The highest BCUT2D eigenvalue weighted by Gasteiger charge is 2.24. The van der Waals surface area contributed by atoms with Gasteiger partial charge >= 0.3 is 0 Å². The molecule has 0 saturated carbocycles. The van der Waals surface area contributed by atoms with E-state index in [-0.39, 0.29) is 0 Å². The zero-order valence-corrected chi connectivity index (χ0v) is 26.1. The molecular formula is C44H30N4. The van der Waals surface area contributed by atoms with Crippen LogP contribution in [-0.4, -0.2) is 19.9 Å². The predicted molar refractivity (Wildman–Crippen MR) is 198 cm³/mol. The van der Waals surface area contributed by atoms with E-state index in [1.165, 1.54) is 0 Å². The second kappa shape index (κ2) is 11.7. The molecule has 0 bridgehead atoms. The summed E-state index contributed by atoms with van der Waals surface area (Å²) in [7, 11) is 0. The minimum Gasteiger partial charge on any atom is -0.337 e. The second-order valence-corrected chi connectivity index (χ2v) is 11.9. The number of fused-ring (bicyclic) bond motifs is 2. The highest BCUT2D eigenvalue weighted by Crippen LogP contribution is 2.45. The van der Waals surface area contributed by atoms with Crippen LogP contribution in [0.15, 0.2) is 170 Å². The van der Waals surface area contributed by atoms with Crippen LogP contribution >= 0.6 is 0 Å². The topological polar surface area (TPSA) is 57.4 Å². The Kier molecular flexibility index (Phi) is 6.76. The van der Waals surface area contributed by atoms with E-state index in [9.17, 15) is 0 Å². The maximum absolute atomic E-state index is 5.35. The van der Waals surface area contributed by atoms with E-state index < -0.39 is 0 Å². The number of aromatic amines is 2. The van der Waals surface area contributed by atoms with Crippen molar-refractivity contribution in [1.82, 2.24) is 19.9 Å². The first-order valence-electron chi connectivity index (χ1n) is 16.2. The van der Waals surface area contributed by atoms with Gasteiger partial charge in [0, 0.05) is 33.4 Å². The van der Waals surface area contributed by atoms with Crippen LogP contribution in [0.4, 0.5) is 0 Å². The van der Waals surface area contributed by atoms with Gasteiger partial charge < -0.3 is 9.97 Å². The normalized spacial score (nSPS) is 11.3. The van der Waals surface area contributed by atoms with Crippen LogP contribution in [-0.2, 0) is 0 Å². The van der Waals surface area contributed by atoms with Crippen LogP contribution < -0.4 is 0 Å². The van der Waals surface area contributed by atoms with Crippen LogP contribution in [0.1, 0.15) is 0 Å². The number of nitrogens with zero attached hydrogens (tertiary/aromatic N) is 2. The van der Waals surface area contributed by atoms with E-state index in [0.29, 0.717) is 0 Å². The Morgan fingerprint density at radius 1 is 0.292 bits per heavy atom. The van der Waals surface area contributed by atoms with Gasteiger partial charge in [-0.2, -0.15) is 0 Å². The number of H-pyrrole nitrogens is 2. The molecular weight excluding hydrogens is 585 g/mol. The number of hydrogen-bond acceptors (Lipinski definition) is 2. The summed E-state index contributed by atoms with van der Waals surface area (Å²) in [4.78, 5) is 18.3. The number of aromatic nitrogens is 4. The van der Waals surface area contributed by atoms with E-state index in [2.05, 4.69) is 156 Å². The molecule has 0 atom stereocenters. The summed E-state index contributed by atoms with van der Waals surface area (Å²) in [6.45, 7) is 0. The molecule has 2 N–H and O–H groups in total. The summed E-state index contributed by atoms with van der Waals surface area (Å²) >= 11 is 0. The summed E-state index contributed by atoms with van der Waals surface area (Å²) in [5.74, 6) is 1.67. The Bertz CT molecular complexity index is 2180. The lowest BCUT2D eigenvalue weighted by Gasteiger charge is -2.15. The minimum atomic E-state index is 0.834. The van der Waals surface area contributed by atoms with Gasteiger partial charge in [-0.25, -0.2) is 9.97 Å². The minimum absolute atomic E-state index is 0.834. The fraction of sp³-hybridized carbons (Fsp3) is 0. The average molecular weight is 615 g/mol. The fourth-order valence-corrected chi connectivity index (χ4v) is 6.86. The molecule has 48 heavy (non-hydrogen) atoms. The summed E-state index contributed by atoms with van der Waals surface area (Å²) < 4.78 is 0. The third-order valence-corrected chi connectivity index (χ3v) is 9.03. The Balaban J connectivity index is 1.33. The van der Waals surface area contributed by atoms with E-state index in [1.807, 2.05) is 24.3 Å². The van der Waals surface area contributed by atoms with E-state index in [0.717, 1.165) is 89.4 Å². The molecule has 0 radical (unpaired) electrons. The highest BCUT2D eigenvalue weighted by atomic mass is 15.0. The van der Waals surface area contributed by atoms with Crippen molar-refractivity contribution in [3.05, 3.63) is 170 Å². The summed E-state index contributed by atoms with van der Waals surface area (Å²) in [5.41, 5.74) is 10.3. The van der Waals surface area contributed by atoms with Gasteiger partial charge in [-0.05, 0) is 21.5 Å². The number of rotatable bonds is 6. The molecule has 0 unspecified atom stereocenters. The molecule has 0 saturated heterocycles. The van der Waals surface area contributed by atoms with E-state index >= 15 is 0 Å². The molecule has 0 aliphatic carbocycles. The molecule has 2 aromatic heterocycles. The largest absolute Gasteiger partial charge is 0.337 e. The Morgan fingerprint density at radius 3 is 0.875 bits per heavy atom. The first kappa shape index (κ1) is 27.8. The Labute approximate surface area is 278 Å². The first-order chi connectivity index (χ1) is 23.8. The van der Waals surface area contributed by atoms with E-state index in [4.69, 9.17) is 9.97 Å². The molecule has 0 aliphatic rings. The Hall–Kier alpha value is -6.52. The number of hydrogen-bond donors (Lipinski definition) is 2. The third-order valence-electron chi connectivity index (χ3n) is 9.03. The van der Waals surface area contributed by atoms with Crippen molar-refractivity contribution in [2.24, 2.45) is 0 Å². The SMILES string of the molecule is c1ccc(-c2nc(-c3c4ccccc4c(-c4nc(-c5ccccc5)c(-c5ccccc5)[nH]4)c4ccccc34)[nH]c2-c2ccccc2)cc1. The Morgan fingerprint density at radius 2 is 0.562 bits per heavy atom. The highest BCUT2D eigenvalue weighted by molar-refractivity contribution is 6.20. The van der Waals surface area contributed by atoms with Gasteiger partial charge in [0.25, 0.3) is 0 Å². The van der Waals surface area contributed by atoms with Gasteiger partial charge in [0.1, 0.15) is 11.6 Å². The van der Waals surface area contributed by atoms with Gasteiger partial charge in [0.05, 0.1) is 22.8 Å². The number of benzene rings is 7. The molecule has 0 spiro atoms. The molecule has 0 amide bonds. The lowest BCUT2D eigenvalue weighted by molar-refractivity contribution is 1.32. The lowest BCUT2D eigenvalue weighted by atomic mass is 9.91. The quantitative estimate of drug-likeness (QED) is 0.183. The van der Waals surface area contributed by atoms with Gasteiger partial charge in [-0.3, -0.25) is 0 Å². The first-order valence-corrected chi connectivity index (χ1v) is 16.2. The molecule has 0 aliphatic heterocycles. The van der Waals surface area contributed by atoms with Crippen molar-refractivity contribution in [1.29, 1.82) is 0 Å². The van der Waals surface area contributed by atoms with Crippen molar-refractivity contribution >= 4 is 21.5 Å². The monoisotopic (exact) mass is 614 g/mol. The zero-order chi connectivity index (χ0) is 31.9. The summed E-state index contributed by atoms with van der Waals surface area (Å²) in [5, 5.41) is 4.44. The number of nitrogens with one attached hydrogen (secondary N) is 2. The van der Waals surface area contributed by atoms with Gasteiger partial charge in [-0.1, -0.05) is 170 Å². The van der Waals surface area contributed by atoms with Crippen LogP contribution in [0.2, 0.25) is 0 Å². The maximum Gasteiger partial charge on any atom is 0.139 e. The van der Waals surface area contributed by atoms with Gasteiger partial charge in [0.2, 0.25) is 0 Å². The average Bonchev–Trinajstić information content (AvgIpc) is 3.81. The lowest BCUT2D eigenvalue weighted by Crippen LogP contribution is -1.93. The van der Waals surface area contributed by atoms with Crippen molar-refractivity contribution in [2.75, 3.05) is 0 Å².